The second-order valence-electron chi connectivity index (χ2n) is 6.36. The van der Waals surface area contributed by atoms with E-state index in [1.54, 1.807) is 6.92 Å². The molecule has 1 aromatic heterocycles. The Labute approximate surface area is 152 Å². The first kappa shape index (κ1) is 16.7. The summed E-state index contributed by atoms with van der Waals surface area (Å²) in [5.41, 5.74) is 3.03. The number of fused-ring (bicyclic) bond motifs is 1. The number of aliphatic hydroxyl groups excluding tert-OH is 1. The monoisotopic (exact) mass is 351 g/mol. The molecule has 2 aromatic carbocycles. The molecular formula is C21H21NO4. The van der Waals surface area contributed by atoms with E-state index in [0.29, 0.717) is 13.3 Å². The Morgan fingerprint density at radius 2 is 1.77 bits per heavy atom. The lowest BCUT2D eigenvalue weighted by Crippen LogP contribution is -2.11. The third-order valence-electron chi connectivity index (χ3n) is 4.40. The van der Waals surface area contributed by atoms with Crippen molar-refractivity contribution >= 4 is 0 Å². The topological polar surface area (TPSA) is 63.9 Å². The lowest BCUT2D eigenvalue weighted by atomic mass is 10.1. The maximum Gasteiger partial charge on any atom is 0.231 e. The molecule has 0 bridgehead atoms. The second kappa shape index (κ2) is 7.23. The van der Waals surface area contributed by atoms with Gasteiger partial charge in [-0.15, -0.1) is 0 Å². The number of benzene rings is 2. The molecule has 1 aliphatic rings. The van der Waals surface area contributed by atoms with Crippen molar-refractivity contribution in [3.05, 3.63) is 71.5 Å². The van der Waals surface area contributed by atoms with Crippen molar-refractivity contribution < 1.29 is 19.0 Å². The van der Waals surface area contributed by atoms with Gasteiger partial charge in [0.25, 0.3) is 0 Å². The molecule has 3 aromatic rings. The number of furan rings is 1. The summed E-state index contributed by atoms with van der Waals surface area (Å²) >= 11 is 0. The van der Waals surface area contributed by atoms with Gasteiger partial charge in [-0.3, -0.25) is 0 Å². The summed E-state index contributed by atoms with van der Waals surface area (Å²) < 4.78 is 16.6. The van der Waals surface area contributed by atoms with Crippen LogP contribution in [0.15, 0.2) is 59.0 Å². The van der Waals surface area contributed by atoms with Gasteiger partial charge in [0.2, 0.25) is 6.79 Å². The van der Waals surface area contributed by atoms with E-state index in [-0.39, 0.29) is 0 Å². The zero-order valence-electron chi connectivity index (χ0n) is 14.6. The quantitative estimate of drug-likeness (QED) is 0.702. The minimum atomic E-state index is -0.461. The molecule has 0 saturated heterocycles. The molecule has 0 spiro atoms. The molecule has 0 amide bonds. The lowest BCUT2D eigenvalue weighted by Gasteiger charge is -2.05. The zero-order chi connectivity index (χ0) is 17.9. The molecule has 0 radical (unpaired) electrons. The fourth-order valence-corrected chi connectivity index (χ4v) is 2.93. The SMILES string of the molecule is C[C@H](O)c1ccc(-c2ccc(CNCc3ccc4c(c3)OCO4)o2)cc1. The van der Waals surface area contributed by atoms with Crippen LogP contribution in [0, 0.1) is 0 Å². The normalized spacial score (nSPS) is 13.8. The molecule has 1 aliphatic heterocycles. The van der Waals surface area contributed by atoms with Crippen LogP contribution < -0.4 is 14.8 Å². The van der Waals surface area contributed by atoms with Gasteiger partial charge < -0.3 is 24.3 Å². The van der Waals surface area contributed by atoms with E-state index < -0.39 is 6.10 Å². The average molecular weight is 351 g/mol. The van der Waals surface area contributed by atoms with Crippen molar-refractivity contribution in [3.63, 3.8) is 0 Å². The van der Waals surface area contributed by atoms with E-state index in [1.165, 1.54) is 0 Å². The fourth-order valence-electron chi connectivity index (χ4n) is 2.93. The Morgan fingerprint density at radius 3 is 2.58 bits per heavy atom. The standard InChI is InChI=1S/C21H21NO4/c1-14(23)16-3-5-17(6-4-16)19-9-7-18(26-19)12-22-11-15-2-8-20-21(10-15)25-13-24-20/h2-10,14,22-23H,11-13H2,1H3/t14-/m0/s1. The van der Waals surface area contributed by atoms with Gasteiger partial charge in [-0.1, -0.05) is 30.3 Å². The van der Waals surface area contributed by atoms with Crippen LogP contribution in [0.4, 0.5) is 0 Å². The van der Waals surface area contributed by atoms with E-state index in [9.17, 15) is 5.11 Å². The molecule has 4 rings (SSSR count). The zero-order valence-corrected chi connectivity index (χ0v) is 14.6. The Balaban J connectivity index is 1.35. The van der Waals surface area contributed by atoms with E-state index in [4.69, 9.17) is 13.9 Å². The number of nitrogens with one attached hydrogen (secondary N) is 1. The Kier molecular flexibility index (Phi) is 4.65. The minimum absolute atomic E-state index is 0.291. The molecule has 0 saturated carbocycles. The second-order valence-corrected chi connectivity index (χ2v) is 6.36. The minimum Gasteiger partial charge on any atom is -0.460 e. The molecule has 134 valence electrons. The molecule has 2 N–H and O–H groups in total. The van der Waals surface area contributed by atoms with Gasteiger partial charge in [-0.2, -0.15) is 0 Å². The highest BCUT2D eigenvalue weighted by Gasteiger charge is 2.13. The van der Waals surface area contributed by atoms with Crippen LogP contribution in [0.1, 0.15) is 29.9 Å². The number of ether oxygens (including phenoxy) is 2. The Bertz CT molecular complexity index is 883. The van der Waals surface area contributed by atoms with Crippen molar-refractivity contribution in [3.8, 4) is 22.8 Å². The summed E-state index contributed by atoms with van der Waals surface area (Å²) in [4.78, 5) is 0. The van der Waals surface area contributed by atoms with E-state index in [1.807, 2.05) is 54.6 Å². The van der Waals surface area contributed by atoms with Gasteiger partial charge in [-0.05, 0) is 42.3 Å². The highest BCUT2D eigenvalue weighted by molar-refractivity contribution is 5.58. The van der Waals surface area contributed by atoms with Gasteiger partial charge in [0.1, 0.15) is 11.5 Å². The number of hydrogen-bond acceptors (Lipinski definition) is 5. The largest absolute Gasteiger partial charge is 0.460 e. The summed E-state index contributed by atoms with van der Waals surface area (Å²) in [5.74, 6) is 3.29. The van der Waals surface area contributed by atoms with E-state index in [2.05, 4.69) is 5.32 Å². The van der Waals surface area contributed by atoms with Gasteiger partial charge >= 0.3 is 0 Å². The van der Waals surface area contributed by atoms with Gasteiger partial charge in [-0.25, -0.2) is 0 Å². The predicted octanol–water partition coefficient (Wildman–Crippen LogP) is 4.02. The first-order chi connectivity index (χ1) is 12.7. The first-order valence-corrected chi connectivity index (χ1v) is 8.65. The maximum absolute atomic E-state index is 9.59. The van der Waals surface area contributed by atoms with Gasteiger partial charge in [0, 0.05) is 12.1 Å². The van der Waals surface area contributed by atoms with E-state index >= 15 is 0 Å². The van der Waals surface area contributed by atoms with Gasteiger partial charge in [0.05, 0.1) is 12.6 Å². The van der Waals surface area contributed by atoms with E-state index in [0.717, 1.165) is 46.3 Å². The van der Waals surface area contributed by atoms with Crippen LogP contribution in [0.25, 0.3) is 11.3 Å². The fraction of sp³-hybridized carbons (Fsp3) is 0.238. The molecule has 5 heteroatoms. The van der Waals surface area contributed by atoms with Crippen LogP contribution in [-0.2, 0) is 13.1 Å². The third-order valence-corrected chi connectivity index (χ3v) is 4.40. The number of rotatable bonds is 6. The molecule has 1 atom stereocenters. The third kappa shape index (κ3) is 3.59. The highest BCUT2D eigenvalue weighted by Crippen LogP contribution is 2.32. The summed E-state index contributed by atoms with van der Waals surface area (Å²) in [7, 11) is 0. The predicted molar refractivity (Wildman–Crippen MR) is 97.9 cm³/mol. The number of hydrogen-bond donors (Lipinski definition) is 2. The summed E-state index contributed by atoms with van der Waals surface area (Å²) in [6.07, 6.45) is -0.461. The Morgan fingerprint density at radius 1 is 0.962 bits per heavy atom. The highest BCUT2D eigenvalue weighted by atomic mass is 16.7. The van der Waals surface area contributed by atoms with Crippen LogP contribution in [0.3, 0.4) is 0 Å². The Hall–Kier alpha value is -2.76. The summed E-state index contributed by atoms with van der Waals surface area (Å²) in [6, 6.07) is 17.7. The van der Waals surface area contributed by atoms with Crippen molar-refractivity contribution in [1.29, 1.82) is 0 Å². The van der Waals surface area contributed by atoms with Crippen LogP contribution in [0.2, 0.25) is 0 Å². The van der Waals surface area contributed by atoms with Gasteiger partial charge in [0.15, 0.2) is 11.5 Å². The first-order valence-electron chi connectivity index (χ1n) is 8.65. The lowest BCUT2D eigenvalue weighted by molar-refractivity contribution is 0.174. The average Bonchev–Trinajstić information content (AvgIpc) is 3.30. The molecule has 0 aliphatic carbocycles. The molecule has 0 unspecified atom stereocenters. The van der Waals surface area contributed by atoms with Crippen molar-refractivity contribution in [2.75, 3.05) is 6.79 Å². The van der Waals surface area contributed by atoms with Crippen molar-refractivity contribution in [1.82, 2.24) is 5.32 Å². The number of aliphatic hydroxyl groups is 1. The maximum atomic E-state index is 9.59. The van der Waals surface area contributed by atoms with Crippen LogP contribution in [-0.4, -0.2) is 11.9 Å². The van der Waals surface area contributed by atoms with Crippen molar-refractivity contribution in [2.24, 2.45) is 0 Å². The molecule has 26 heavy (non-hydrogen) atoms. The molecule has 2 heterocycles. The summed E-state index contributed by atoms with van der Waals surface area (Å²) in [5, 5.41) is 13.0. The molecular weight excluding hydrogens is 330 g/mol. The molecule has 0 fully saturated rings. The molecule has 5 nitrogen and oxygen atoms in total. The summed E-state index contributed by atoms with van der Waals surface area (Å²) in [6.45, 7) is 3.40. The van der Waals surface area contributed by atoms with Crippen LogP contribution >= 0.6 is 0 Å². The van der Waals surface area contributed by atoms with Crippen LogP contribution in [0.5, 0.6) is 11.5 Å². The van der Waals surface area contributed by atoms with Crippen molar-refractivity contribution in [2.45, 2.75) is 26.1 Å². The smallest absolute Gasteiger partial charge is 0.231 e.